The number of hydrogen-bond acceptors (Lipinski definition) is 5. The van der Waals surface area contributed by atoms with Crippen molar-refractivity contribution in [2.75, 3.05) is 20.1 Å². The second-order valence-corrected chi connectivity index (χ2v) is 12.5. The minimum atomic E-state index is -4.17. The van der Waals surface area contributed by atoms with Crippen LogP contribution in [0.4, 0.5) is 8.78 Å². The molecule has 0 unspecified atom stereocenters. The average Bonchev–Trinajstić information content (AvgIpc) is 3.27. The fourth-order valence-electron chi connectivity index (χ4n) is 3.65. The van der Waals surface area contributed by atoms with Gasteiger partial charge in [-0.25, -0.2) is 21.5 Å². The summed E-state index contributed by atoms with van der Waals surface area (Å²) in [5.41, 5.74) is 0. The molecule has 37 heavy (non-hydrogen) atoms. The zero-order valence-electron chi connectivity index (χ0n) is 20.6. The Balaban J connectivity index is 1.57. The van der Waals surface area contributed by atoms with Crippen molar-refractivity contribution in [3.8, 4) is 0 Å². The highest BCUT2D eigenvalue weighted by molar-refractivity contribution is 7.89. The van der Waals surface area contributed by atoms with Crippen LogP contribution in [0.5, 0.6) is 0 Å². The van der Waals surface area contributed by atoms with Crippen LogP contribution in [0, 0.1) is 17.6 Å². The standard InChI is InChI=1S/C25H28ClF2N3O4S2/c1-15(2)11-20(30-25(33)22-12-16-7-4-5-8-21(16)36-22)24(32)29-9-6-10-31(3)37(34,35)23-14-19(28)18(27)13-17(23)26/h4-5,7-8,12-15,20H,6,9-11H2,1-3H3,(H,29,32)(H,30,33)/t20-/m0/s1. The Morgan fingerprint density at radius 3 is 2.46 bits per heavy atom. The molecule has 1 heterocycles. The van der Waals surface area contributed by atoms with Crippen molar-refractivity contribution in [3.63, 3.8) is 0 Å². The summed E-state index contributed by atoms with van der Waals surface area (Å²) in [6.07, 6.45) is 0.660. The summed E-state index contributed by atoms with van der Waals surface area (Å²) < 4.78 is 54.2. The highest BCUT2D eigenvalue weighted by Crippen LogP contribution is 2.27. The van der Waals surface area contributed by atoms with E-state index in [2.05, 4.69) is 10.6 Å². The predicted octanol–water partition coefficient (Wildman–Crippen LogP) is 4.80. The van der Waals surface area contributed by atoms with E-state index in [1.165, 1.54) is 18.4 Å². The number of fused-ring (bicyclic) bond motifs is 1. The second kappa shape index (κ2) is 12.3. The first-order chi connectivity index (χ1) is 17.4. The van der Waals surface area contributed by atoms with E-state index in [1.54, 1.807) is 6.07 Å². The first kappa shape index (κ1) is 29.0. The molecule has 0 aliphatic carbocycles. The van der Waals surface area contributed by atoms with Gasteiger partial charge >= 0.3 is 0 Å². The van der Waals surface area contributed by atoms with Crippen LogP contribution in [0.1, 0.15) is 36.4 Å². The number of sulfonamides is 1. The third kappa shape index (κ3) is 7.25. The van der Waals surface area contributed by atoms with Crippen molar-refractivity contribution >= 4 is 54.9 Å². The molecule has 2 aromatic carbocycles. The number of carbonyl (C=O) groups is 2. The maximum atomic E-state index is 13.6. The van der Waals surface area contributed by atoms with Gasteiger partial charge in [0.2, 0.25) is 15.9 Å². The number of rotatable bonds is 11. The predicted molar refractivity (Wildman–Crippen MR) is 141 cm³/mol. The molecule has 1 atom stereocenters. The van der Waals surface area contributed by atoms with Gasteiger partial charge in [-0.05, 0) is 48.4 Å². The SMILES string of the molecule is CC(C)C[C@H](NC(=O)c1cc2ccccc2s1)C(=O)NCCCN(C)S(=O)(=O)c1cc(F)c(F)cc1Cl. The van der Waals surface area contributed by atoms with E-state index in [0.29, 0.717) is 23.4 Å². The molecule has 0 bridgehead atoms. The minimum absolute atomic E-state index is 0.0130. The normalized spacial score (nSPS) is 12.8. The van der Waals surface area contributed by atoms with Gasteiger partial charge in [0.1, 0.15) is 10.9 Å². The number of halogens is 3. The van der Waals surface area contributed by atoms with Crippen LogP contribution in [0.3, 0.4) is 0 Å². The minimum Gasteiger partial charge on any atom is -0.354 e. The molecule has 0 spiro atoms. The van der Waals surface area contributed by atoms with Crippen molar-refractivity contribution < 1.29 is 26.8 Å². The van der Waals surface area contributed by atoms with Crippen LogP contribution in [0.25, 0.3) is 10.1 Å². The number of carbonyl (C=O) groups excluding carboxylic acids is 2. The molecule has 0 saturated carbocycles. The van der Waals surface area contributed by atoms with Gasteiger partial charge in [0.25, 0.3) is 5.91 Å². The van der Waals surface area contributed by atoms with E-state index in [4.69, 9.17) is 11.6 Å². The molecule has 0 aliphatic rings. The van der Waals surface area contributed by atoms with Crippen LogP contribution < -0.4 is 10.6 Å². The Morgan fingerprint density at radius 2 is 1.78 bits per heavy atom. The molecule has 0 radical (unpaired) electrons. The van der Waals surface area contributed by atoms with Crippen LogP contribution in [-0.2, 0) is 14.8 Å². The Hall–Kier alpha value is -2.60. The van der Waals surface area contributed by atoms with Crippen molar-refractivity contribution in [2.24, 2.45) is 5.92 Å². The van der Waals surface area contributed by atoms with E-state index in [0.717, 1.165) is 14.4 Å². The number of thiophene rings is 1. The van der Waals surface area contributed by atoms with Crippen molar-refractivity contribution in [1.29, 1.82) is 0 Å². The molecule has 0 aliphatic heterocycles. The van der Waals surface area contributed by atoms with E-state index in [9.17, 15) is 26.8 Å². The van der Waals surface area contributed by atoms with Gasteiger partial charge in [-0.1, -0.05) is 43.6 Å². The molecule has 3 aromatic rings. The Labute approximate surface area is 223 Å². The van der Waals surface area contributed by atoms with Gasteiger partial charge in [-0.15, -0.1) is 11.3 Å². The molecule has 0 fully saturated rings. The zero-order chi connectivity index (χ0) is 27.3. The summed E-state index contributed by atoms with van der Waals surface area (Å²) in [5.74, 6) is -3.15. The lowest BCUT2D eigenvalue weighted by molar-refractivity contribution is -0.123. The van der Waals surface area contributed by atoms with Crippen LogP contribution in [-0.4, -0.2) is 50.7 Å². The van der Waals surface area contributed by atoms with E-state index in [1.807, 2.05) is 38.1 Å². The molecule has 12 heteroatoms. The fourth-order valence-corrected chi connectivity index (χ4v) is 6.32. The Morgan fingerprint density at radius 1 is 1.11 bits per heavy atom. The van der Waals surface area contributed by atoms with Gasteiger partial charge in [-0.2, -0.15) is 0 Å². The molecule has 2 N–H and O–H groups in total. The number of hydrogen-bond donors (Lipinski definition) is 2. The van der Waals surface area contributed by atoms with E-state index in [-0.39, 0.29) is 37.2 Å². The highest BCUT2D eigenvalue weighted by Gasteiger charge is 2.26. The molecule has 1 aromatic heterocycles. The number of nitrogens with one attached hydrogen (secondary N) is 2. The molecular formula is C25H28ClF2N3O4S2. The smallest absolute Gasteiger partial charge is 0.262 e. The summed E-state index contributed by atoms with van der Waals surface area (Å²) in [6, 6.07) is 9.80. The van der Waals surface area contributed by atoms with E-state index >= 15 is 0 Å². The van der Waals surface area contributed by atoms with Gasteiger partial charge < -0.3 is 10.6 Å². The number of nitrogens with zero attached hydrogens (tertiary/aromatic N) is 1. The molecular weight excluding hydrogens is 544 g/mol. The largest absolute Gasteiger partial charge is 0.354 e. The van der Waals surface area contributed by atoms with Crippen molar-refractivity contribution in [3.05, 3.63) is 64.0 Å². The van der Waals surface area contributed by atoms with E-state index < -0.39 is 37.6 Å². The lowest BCUT2D eigenvalue weighted by atomic mass is 10.0. The lowest BCUT2D eigenvalue weighted by Crippen LogP contribution is -2.47. The Kier molecular flexibility index (Phi) is 9.63. The van der Waals surface area contributed by atoms with Crippen molar-refractivity contribution in [1.82, 2.24) is 14.9 Å². The first-order valence-electron chi connectivity index (χ1n) is 11.6. The van der Waals surface area contributed by atoms with Crippen LogP contribution in [0.15, 0.2) is 47.4 Å². The Bertz CT molecular complexity index is 1360. The summed E-state index contributed by atoms with van der Waals surface area (Å²) >= 11 is 7.16. The average molecular weight is 572 g/mol. The fraction of sp³-hybridized carbons (Fsp3) is 0.360. The summed E-state index contributed by atoms with van der Waals surface area (Å²) in [6.45, 7) is 4.00. The molecule has 3 rings (SSSR count). The zero-order valence-corrected chi connectivity index (χ0v) is 22.9. The third-order valence-corrected chi connectivity index (χ3v) is 9.03. The van der Waals surface area contributed by atoms with Crippen LogP contribution >= 0.6 is 22.9 Å². The summed E-state index contributed by atoms with van der Waals surface area (Å²) in [5, 5.41) is 6.07. The molecule has 0 saturated heterocycles. The van der Waals surface area contributed by atoms with Gasteiger partial charge in [0.05, 0.1) is 9.90 Å². The quantitative estimate of drug-likeness (QED) is 0.255. The maximum Gasteiger partial charge on any atom is 0.262 e. The molecule has 2 amide bonds. The maximum absolute atomic E-state index is 13.6. The van der Waals surface area contributed by atoms with Gasteiger partial charge in [0, 0.05) is 24.8 Å². The van der Waals surface area contributed by atoms with Crippen LogP contribution in [0.2, 0.25) is 5.02 Å². The number of amides is 2. The monoisotopic (exact) mass is 571 g/mol. The summed E-state index contributed by atoms with van der Waals surface area (Å²) in [4.78, 5) is 25.6. The van der Waals surface area contributed by atoms with Gasteiger partial charge in [0.15, 0.2) is 11.6 Å². The second-order valence-electron chi connectivity index (χ2n) is 8.97. The molecule has 7 nitrogen and oxygen atoms in total. The number of benzene rings is 2. The molecule has 200 valence electrons. The topological polar surface area (TPSA) is 95.6 Å². The van der Waals surface area contributed by atoms with Crippen molar-refractivity contribution in [2.45, 2.75) is 37.6 Å². The lowest BCUT2D eigenvalue weighted by Gasteiger charge is -2.21. The van der Waals surface area contributed by atoms with Gasteiger partial charge in [-0.3, -0.25) is 9.59 Å². The third-order valence-electron chi connectivity index (χ3n) is 5.59. The first-order valence-corrected chi connectivity index (χ1v) is 14.2. The summed E-state index contributed by atoms with van der Waals surface area (Å²) in [7, 11) is -2.89. The highest BCUT2D eigenvalue weighted by atomic mass is 35.5.